The maximum Gasteiger partial charge on any atom is 0.217 e. The highest BCUT2D eigenvalue weighted by atomic mass is 19.1. The molecule has 0 radical (unpaired) electrons. The minimum absolute atomic E-state index is 0.280. The van der Waals surface area contributed by atoms with Crippen molar-refractivity contribution in [2.45, 2.75) is 6.92 Å². The third-order valence-corrected chi connectivity index (χ3v) is 1.08. The molecule has 1 aromatic heterocycles. The predicted molar refractivity (Wildman–Crippen MR) is 31.8 cm³/mol. The van der Waals surface area contributed by atoms with E-state index in [4.69, 9.17) is 0 Å². The summed E-state index contributed by atoms with van der Waals surface area (Å²) in [7, 11) is 0. The van der Waals surface area contributed by atoms with E-state index in [9.17, 15) is 9.18 Å². The molecule has 1 rings (SSSR count). The van der Waals surface area contributed by atoms with E-state index in [1.807, 2.05) is 0 Å². The van der Waals surface area contributed by atoms with E-state index in [2.05, 4.69) is 4.98 Å². The summed E-state index contributed by atoms with van der Waals surface area (Å²) in [4.78, 5) is 13.0. The summed E-state index contributed by atoms with van der Waals surface area (Å²) in [5.74, 6) is -0.697. The van der Waals surface area contributed by atoms with Crippen molar-refractivity contribution in [1.82, 2.24) is 4.98 Å². The lowest BCUT2D eigenvalue weighted by Crippen LogP contribution is -2.06. The number of aromatic nitrogens is 1. The van der Waals surface area contributed by atoms with Crippen molar-refractivity contribution >= 4 is 0 Å². The molecule has 0 aliphatic heterocycles. The summed E-state index contributed by atoms with van der Waals surface area (Å²) < 4.78 is 12.4. The highest BCUT2D eigenvalue weighted by molar-refractivity contribution is 5.04. The fourth-order valence-corrected chi connectivity index (χ4v) is 0.564. The van der Waals surface area contributed by atoms with Gasteiger partial charge in [-0.05, 0) is 6.92 Å². The summed E-state index contributed by atoms with van der Waals surface area (Å²) in [6, 6.07) is 1.16. The second-order valence-corrected chi connectivity index (χ2v) is 1.78. The van der Waals surface area contributed by atoms with Crippen LogP contribution in [0.1, 0.15) is 5.69 Å². The molecule has 0 fully saturated rings. The Morgan fingerprint density at radius 2 is 2.33 bits per heavy atom. The molecule has 0 unspecified atom stereocenters. The van der Waals surface area contributed by atoms with E-state index in [-0.39, 0.29) is 5.69 Å². The Hall–Kier alpha value is -1.12. The maximum atomic E-state index is 12.4. The van der Waals surface area contributed by atoms with Crippen LogP contribution < -0.4 is 5.43 Å². The second kappa shape index (κ2) is 2.01. The molecule has 0 spiro atoms. The first-order chi connectivity index (χ1) is 4.22. The largest absolute Gasteiger partial charge is 0.363 e. The minimum Gasteiger partial charge on any atom is -0.363 e. The van der Waals surface area contributed by atoms with Crippen LogP contribution in [0.3, 0.4) is 0 Å². The number of aromatic amines is 1. The van der Waals surface area contributed by atoms with Gasteiger partial charge in [0.25, 0.3) is 0 Å². The van der Waals surface area contributed by atoms with Crippen LogP contribution >= 0.6 is 0 Å². The smallest absolute Gasteiger partial charge is 0.217 e. The monoisotopic (exact) mass is 127 g/mol. The third kappa shape index (κ3) is 0.988. The van der Waals surface area contributed by atoms with Crippen molar-refractivity contribution in [1.29, 1.82) is 0 Å². The van der Waals surface area contributed by atoms with Gasteiger partial charge in [0.1, 0.15) is 0 Å². The summed E-state index contributed by atoms with van der Waals surface area (Å²) >= 11 is 0. The van der Waals surface area contributed by atoms with Gasteiger partial charge in [0, 0.05) is 12.3 Å². The summed E-state index contributed by atoms with van der Waals surface area (Å²) in [6.07, 6.45) is 1.42. The van der Waals surface area contributed by atoms with Crippen LogP contribution in [0.4, 0.5) is 4.39 Å². The van der Waals surface area contributed by atoms with Gasteiger partial charge < -0.3 is 4.98 Å². The van der Waals surface area contributed by atoms with Crippen molar-refractivity contribution in [2.75, 3.05) is 0 Å². The molecular formula is C6H6FNO. The zero-order valence-corrected chi connectivity index (χ0v) is 4.94. The van der Waals surface area contributed by atoms with Gasteiger partial charge in [-0.15, -0.1) is 0 Å². The average molecular weight is 127 g/mol. The molecule has 2 nitrogen and oxygen atoms in total. The van der Waals surface area contributed by atoms with Crippen LogP contribution in [0.5, 0.6) is 0 Å². The van der Waals surface area contributed by atoms with Gasteiger partial charge in [-0.25, -0.2) is 4.39 Å². The molecule has 9 heavy (non-hydrogen) atoms. The molecule has 3 heteroatoms. The van der Waals surface area contributed by atoms with Crippen LogP contribution in [0.15, 0.2) is 17.1 Å². The Kier molecular flexibility index (Phi) is 1.34. The normalized spacial score (nSPS) is 9.56. The lowest BCUT2D eigenvalue weighted by Gasteiger charge is -1.90. The first-order valence-corrected chi connectivity index (χ1v) is 2.55. The van der Waals surface area contributed by atoms with Gasteiger partial charge in [0.05, 0.1) is 5.69 Å². The molecule has 1 aromatic rings. The summed E-state index contributed by atoms with van der Waals surface area (Å²) in [5, 5.41) is 0. The van der Waals surface area contributed by atoms with E-state index in [1.54, 1.807) is 0 Å². The summed E-state index contributed by atoms with van der Waals surface area (Å²) in [5.41, 5.74) is -0.284. The molecule has 1 heterocycles. The number of hydrogen-bond acceptors (Lipinski definition) is 1. The van der Waals surface area contributed by atoms with Crippen molar-refractivity contribution in [3.63, 3.8) is 0 Å². The first-order valence-electron chi connectivity index (χ1n) is 2.55. The molecule has 0 saturated carbocycles. The second-order valence-electron chi connectivity index (χ2n) is 1.78. The highest BCUT2D eigenvalue weighted by Crippen LogP contribution is 1.91. The van der Waals surface area contributed by atoms with E-state index in [0.717, 1.165) is 6.07 Å². The average Bonchev–Trinajstić information content (AvgIpc) is 1.83. The maximum absolute atomic E-state index is 12.4. The van der Waals surface area contributed by atoms with Crippen LogP contribution in [-0.2, 0) is 0 Å². The van der Waals surface area contributed by atoms with Crippen molar-refractivity contribution in [2.24, 2.45) is 0 Å². The van der Waals surface area contributed by atoms with Crippen LogP contribution in [-0.4, -0.2) is 4.98 Å². The van der Waals surface area contributed by atoms with Crippen LogP contribution in [0.25, 0.3) is 0 Å². The Bertz CT molecular complexity index is 266. The number of H-pyrrole nitrogens is 1. The lowest BCUT2D eigenvalue weighted by atomic mass is 10.3. The third-order valence-electron chi connectivity index (χ3n) is 1.08. The molecule has 0 bridgehead atoms. The van der Waals surface area contributed by atoms with Gasteiger partial charge in [-0.1, -0.05) is 0 Å². The molecule has 48 valence electrons. The first kappa shape index (κ1) is 6.01. The minimum atomic E-state index is -0.697. The molecule has 0 aliphatic rings. The number of aryl methyl sites for hydroxylation is 1. The Morgan fingerprint density at radius 3 is 2.78 bits per heavy atom. The zero-order chi connectivity index (χ0) is 6.85. The van der Waals surface area contributed by atoms with Crippen molar-refractivity contribution in [3.8, 4) is 0 Å². The Balaban J connectivity index is 3.43. The molecule has 0 saturated heterocycles. The standard InChI is InChI=1S/C6H6FNO/c1-4-6(7)5(9)2-3-8-4/h2-3H,1H3,(H,8,9). The highest BCUT2D eigenvalue weighted by Gasteiger charge is 1.97. The lowest BCUT2D eigenvalue weighted by molar-refractivity contribution is 0.599. The molecule has 1 N–H and O–H groups in total. The molecule has 0 aromatic carbocycles. The van der Waals surface area contributed by atoms with Crippen LogP contribution in [0, 0.1) is 12.7 Å². The molecule has 0 amide bonds. The molecule has 0 atom stereocenters. The zero-order valence-electron chi connectivity index (χ0n) is 4.94. The Morgan fingerprint density at radius 1 is 1.67 bits per heavy atom. The topological polar surface area (TPSA) is 32.9 Å². The predicted octanol–water partition coefficient (Wildman–Crippen LogP) is 0.822. The van der Waals surface area contributed by atoms with Crippen molar-refractivity contribution < 1.29 is 4.39 Å². The van der Waals surface area contributed by atoms with E-state index in [1.165, 1.54) is 13.1 Å². The summed E-state index contributed by atoms with van der Waals surface area (Å²) in [6.45, 7) is 1.51. The number of nitrogens with one attached hydrogen (secondary N) is 1. The fraction of sp³-hybridized carbons (Fsp3) is 0.167. The van der Waals surface area contributed by atoms with E-state index >= 15 is 0 Å². The quantitative estimate of drug-likeness (QED) is 0.550. The van der Waals surface area contributed by atoms with Gasteiger partial charge in [-0.3, -0.25) is 4.79 Å². The molecular weight excluding hydrogens is 121 g/mol. The van der Waals surface area contributed by atoms with Gasteiger partial charge in [0.2, 0.25) is 5.43 Å². The number of rotatable bonds is 0. The van der Waals surface area contributed by atoms with Gasteiger partial charge in [-0.2, -0.15) is 0 Å². The van der Waals surface area contributed by atoms with Gasteiger partial charge in [0.15, 0.2) is 5.82 Å². The van der Waals surface area contributed by atoms with Crippen molar-refractivity contribution in [3.05, 3.63) is 34.0 Å². The van der Waals surface area contributed by atoms with Crippen LogP contribution in [0.2, 0.25) is 0 Å². The van der Waals surface area contributed by atoms with E-state index in [0.29, 0.717) is 0 Å². The fourth-order valence-electron chi connectivity index (χ4n) is 0.564. The van der Waals surface area contributed by atoms with E-state index < -0.39 is 11.2 Å². The Labute approximate surface area is 51.3 Å². The number of hydrogen-bond donors (Lipinski definition) is 1. The van der Waals surface area contributed by atoms with Gasteiger partial charge >= 0.3 is 0 Å². The SMILES string of the molecule is Cc1[nH]ccc(=O)c1F. The number of pyridine rings is 1. The molecule has 0 aliphatic carbocycles. The number of halogens is 1.